The summed E-state index contributed by atoms with van der Waals surface area (Å²) in [6, 6.07) is 11.1. The van der Waals surface area contributed by atoms with E-state index in [9.17, 15) is 19.7 Å². The molecule has 9 heteroatoms. The largest absolute Gasteiger partial charge is 0.423 e. The predicted molar refractivity (Wildman–Crippen MR) is 116 cm³/mol. The maximum Gasteiger partial charge on any atom is 0.340 e. The number of halogens is 1. The molecule has 0 radical (unpaired) electrons. The van der Waals surface area contributed by atoms with Crippen molar-refractivity contribution in [1.29, 1.82) is 0 Å². The van der Waals surface area contributed by atoms with Gasteiger partial charge in [-0.05, 0) is 64.1 Å². The van der Waals surface area contributed by atoms with Gasteiger partial charge >= 0.3 is 5.97 Å². The molecule has 0 spiro atoms. The van der Waals surface area contributed by atoms with E-state index >= 15 is 0 Å². The van der Waals surface area contributed by atoms with Gasteiger partial charge in [0.25, 0.3) is 17.2 Å². The first kappa shape index (κ1) is 22.4. The van der Waals surface area contributed by atoms with Crippen molar-refractivity contribution in [3.05, 3.63) is 74.8 Å². The number of carbonyl (C=O) groups excluding carboxylic acids is 2. The Morgan fingerprint density at radius 3 is 2.16 bits per heavy atom. The molecule has 0 aliphatic carbocycles. The highest BCUT2D eigenvalue weighted by molar-refractivity contribution is 6.48. The van der Waals surface area contributed by atoms with E-state index < -0.39 is 22.4 Å². The van der Waals surface area contributed by atoms with Crippen molar-refractivity contribution >= 4 is 34.9 Å². The lowest BCUT2D eigenvalue weighted by molar-refractivity contribution is -0.384. The Morgan fingerprint density at radius 1 is 1.10 bits per heavy atom. The standard InChI is InChI=1S/C22H22ClN3O5/c1-13(2)24-20-19(27)22(25(20)14(3)4,16-7-11-18(12-8-16)26(29)30)31-21(28)15-5-9-17(23)10-6-15/h5-14H,1-4H3. The zero-order valence-electron chi connectivity index (χ0n) is 17.5. The van der Waals surface area contributed by atoms with E-state index in [4.69, 9.17) is 16.3 Å². The van der Waals surface area contributed by atoms with Crippen LogP contribution >= 0.6 is 11.6 Å². The van der Waals surface area contributed by atoms with Crippen molar-refractivity contribution < 1.29 is 19.2 Å². The normalized spacial score (nSPS) is 19.6. The number of ether oxygens (including phenoxy) is 1. The molecule has 0 amide bonds. The minimum absolute atomic E-state index is 0.137. The van der Waals surface area contributed by atoms with Crippen LogP contribution in [-0.2, 0) is 15.3 Å². The second-order valence-electron chi connectivity index (χ2n) is 7.68. The summed E-state index contributed by atoms with van der Waals surface area (Å²) in [6.45, 7) is 7.37. The van der Waals surface area contributed by atoms with E-state index in [1.807, 2.05) is 27.7 Å². The van der Waals surface area contributed by atoms with E-state index in [2.05, 4.69) is 4.99 Å². The smallest absolute Gasteiger partial charge is 0.340 e. The highest BCUT2D eigenvalue weighted by Gasteiger charge is 2.64. The van der Waals surface area contributed by atoms with Gasteiger partial charge in [0.2, 0.25) is 0 Å². The van der Waals surface area contributed by atoms with Crippen LogP contribution in [0.5, 0.6) is 0 Å². The first-order valence-electron chi connectivity index (χ1n) is 9.73. The number of non-ortho nitro benzene ring substituents is 1. The monoisotopic (exact) mass is 443 g/mol. The zero-order valence-corrected chi connectivity index (χ0v) is 18.3. The third-order valence-corrected chi connectivity index (χ3v) is 5.02. The number of aliphatic imine (C=N–C) groups is 1. The molecule has 0 N–H and O–H groups in total. The van der Waals surface area contributed by atoms with Gasteiger partial charge in [0.1, 0.15) is 0 Å². The lowest BCUT2D eigenvalue weighted by Gasteiger charge is -2.53. The van der Waals surface area contributed by atoms with Crippen LogP contribution in [0, 0.1) is 10.1 Å². The third-order valence-electron chi connectivity index (χ3n) is 4.76. The van der Waals surface area contributed by atoms with Crippen molar-refractivity contribution in [2.45, 2.75) is 45.5 Å². The van der Waals surface area contributed by atoms with E-state index in [0.29, 0.717) is 10.6 Å². The molecule has 1 unspecified atom stereocenters. The molecule has 1 heterocycles. The summed E-state index contributed by atoms with van der Waals surface area (Å²) in [4.78, 5) is 42.9. The SMILES string of the molecule is CC(C)N=C1C(=O)C(OC(=O)c2ccc(Cl)cc2)(c2ccc([N+](=O)[O-])cc2)N1C(C)C. The lowest BCUT2D eigenvalue weighted by Crippen LogP contribution is -2.73. The Labute approximate surface area is 184 Å². The fourth-order valence-electron chi connectivity index (χ4n) is 3.45. The van der Waals surface area contributed by atoms with Gasteiger partial charge in [-0.25, -0.2) is 4.79 Å². The van der Waals surface area contributed by atoms with Crippen LogP contribution < -0.4 is 0 Å². The Morgan fingerprint density at radius 2 is 1.68 bits per heavy atom. The van der Waals surface area contributed by atoms with Gasteiger partial charge in [0.15, 0.2) is 5.84 Å². The van der Waals surface area contributed by atoms with Crippen molar-refractivity contribution in [2.24, 2.45) is 4.99 Å². The molecule has 162 valence electrons. The summed E-state index contributed by atoms with van der Waals surface area (Å²) in [5.41, 5.74) is -1.38. The number of ketones is 1. The molecule has 1 saturated heterocycles. The third kappa shape index (κ3) is 4.03. The maximum absolute atomic E-state index is 13.4. The lowest BCUT2D eigenvalue weighted by atomic mass is 9.85. The molecule has 1 atom stereocenters. The Hall–Kier alpha value is -3.26. The van der Waals surface area contributed by atoms with Crippen LogP contribution in [-0.4, -0.2) is 39.5 Å². The van der Waals surface area contributed by atoms with Crippen LogP contribution in [0.25, 0.3) is 0 Å². The highest BCUT2D eigenvalue weighted by atomic mass is 35.5. The molecule has 3 rings (SSSR count). The number of rotatable bonds is 6. The summed E-state index contributed by atoms with van der Waals surface area (Å²) >= 11 is 5.89. The molecule has 0 aromatic heterocycles. The molecule has 2 aromatic rings. The van der Waals surface area contributed by atoms with Crippen molar-refractivity contribution in [2.75, 3.05) is 0 Å². The van der Waals surface area contributed by atoms with Gasteiger partial charge in [-0.2, -0.15) is 0 Å². The number of nitro benzene ring substituents is 1. The van der Waals surface area contributed by atoms with Gasteiger partial charge in [-0.3, -0.25) is 19.9 Å². The number of benzene rings is 2. The Kier molecular flexibility index (Phi) is 6.13. The van der Waals surface area contributed by atoms with E-state index in [0.717, 1.165) is 0 Å². The molecule has 2 aromatic carbocycles. The fourth-order valence-corrected chi connectivity index (χ4v) is 3.58. The van der Waals surface area contributed by atoms with Crippen LogP contribution in [0.1, 0.15) is 43.6 Å². The molecular weight excluding hydrogens is 422 g/mol. The van der Waals surface area contributed by atoms with Gasteiger partial charge < -0.3 is 9.64 Å². The number of hydrogen-bond donors (Lipinski definition) is 0. The van der Waals surface area contributed by atoms with Crippen LogP contribution in [0.3, 0.4) is 0 Å². The molecule has 1 aliphatic rings. The van der Waals surface area contributed by atoms with Gasteiger partial charge in [-0.1, -0.05) is 11.6 Å². The summed E-state index contributed by atoms with van der Waals surface area (Å²) in [7, 11) is 0. The van der Waals surface area contributed by atoms with Gasteiger partial charge in [0.05, 0.1) is 10.5 Å². The fraction of sp³-hybridized carbons (Fsp3) is 0.318. The van der Waals surface area contributed by atoms with Gasteiger partial charge in [0, 0.05) is 34.8 Å². The van der Waals surface area contributed by atoms with Crippen LogP contribution in [0.15, 0.2) is 53.5 Å². The molecule has 1 aliphatic heterocycles. The summed E-state index contributed by atoms with van der Waals surface area (Å²) in [6.07, 6.45) is 0. The van der Waals surface area contributed by atoms with Crippen molar-refractivity contribution in [1.82, 2.24) is 4.90 Å². The summed E-state index contributed by atoms with van der Waals surface area (Å²) in [5, 5.41) is 11.5. The Balaban J connectivity index is 2.11. The molecule has 31 heavy (non-hydrogen) atoms. The second kappa shape index (κ2) is 8.47. The number of nitro groups is 1. The number of nitrogens with zero attached hydrogens (tertiary/aromatic N) is 3. The highest BCUT2D eigenvalue weighted by Crippen LogP contribution is 2.43. The van der Waals surface area contributed by atoms with Crippen molar-refractivity contribution in [3.8, 4) is 0 Å². The van der Waals surface area contributed by atoms with Crippen LogP contribution in [0.4, 0.5) is 5.69 Å². The average Bonchev–Trinajstić information content (AvgIpc) is 2.72. The summed E-state index contributed by atoms with van der Waals surface area (Å²) in [5.74, 6) is -1.00. The number of carbonyl (C=O) groups is 2. The van der Waals surface area contributed by atoms with E-state index in [1.54, 1.807) is 17.0 Å². The molecule has 0 bridgehead atoms. The van der Waals surface area contributed by atoms with Crippen molar-refractivity contribution in [3.63, 3.8) is 0 Å². The molecule has 8 nitrogen and oxygen atoms in total. The number of likely N-dealkylation sites (tertiary alicyclic amines) is 1. The first-order chi connectivity index (χ1) is 14.6. The zero-order chi connectivity index (χ0) is 22.9. The number of hydrogen-bond acceptors (Lipinski definition) is 6. The molecule has 1 fully saturated rings. The van der Waals surface area contributed by atoms with Gasteiger partial charge in [-0.15, -0.1) is 0 Å². The first-order valence-corrected chi connectivity index (χ1v) is 10.1. The second-order valence-corrected chi connectivity index (χ2v) is 8.12. The Bertz CT molecular complexity index is 1050. The number of esters is 1. The van der Waals surface area contributed by atoms with Crippen LogP contribution in [0.2, 0.25) is 5.02 Å². The number of amidine groups is 1. The minimum atomic E-state index is -1.77. The average molecular weight is 444 g/mol. The molecule has 0 saturated carbocycles. The maximum atomic E-state index is 13.4. The predicted octanol–water partition coefficient (Wildman–Crippen LogP) is 4.36. The van der Waals surface area contributed by atoms with E-state index in [1.165, 1.54) is 36.4 Å². The minimum Gasteiger partial charge on any atom is -0.423 e. The quantitative estimate of drug-likeness (QED) is 0.373. The number of Topliss-reactive ketones (excluding diaryl/α,β-unsaturated/α-hetero) is 1. The van der Waals surface area contributed by atoms with E-state index in [-0.39, 0.29) is 29.2 Å². The topological polar surface area (TPSA) is 102 Å². The summed E-state index contributed by atoms with van der Waals surface area (Å²) < 4.78 is 5.83. The molecular formula is C22H22ClN3O5.